The van der Waals surface area contributed by atoms with Crippen LogP contribution in [0.5, 0.6) is 0 Å². The Hall–Kier alpha value is -0.770. The van der Waals surface area contributed by atoms with Crippen molar-refractivity contribution < 1.29 is 0 Å². The van der Waals surface area contributed by atoms with E-state index in [0.717, 1.165) is 0 Å². The van der Waals surface area contributed by atoms with Gasteiger partial charge in [-0.25, -0.2) is 0 Å². The molecule has 2 aliphatic carbocycles. The number of allylic oxidation sites excluding steroid dienone is 1. The van der Waals surface area contributed by atoms with Crippen LogP contribution in [0.4, 0.5) is 0 Å². The van der Waals surface area contributed by atoms with Crippen LogP contribution in [0.2, 0.25) is 0 Å². The number of hydrogen-bond acceptors (Lipinski definition) is 1. The van der Waals surface area contributed by atoms with Crippen LogP contribution in [0.15, 0.2) is 12.2 Å². The van der Waals surface area contributed by atoms with Crippen molar-refractivity contribution in [3.63, 3.8) is 0 Å². The molecule has 5 unspecified atom stereocenters. The summed E-state index contributed by atoms with van der Waals surface area (Å²) >= 11 is 0. The molecule has 0 heterocycles. The van der Waals surface area contributed by atoms with E-state index < -0.39 is 0 Å². The van der Waals surface area contributed by atoms with E-state index in [9.17, 15) is 5.26 Å². The molecule has 0 N–H and O–H groups in total. The summed E-state index contributed by atoms with van der Waals surface area (Å²) in [5, 5.41) is 9.59. The average molecular weight is 231 g/mol. The van der Waals surface area contributed by atoms with Gasteiger partial charge in [-0.3, -0.25) is 0 Å². The highest BCUT2D eigenvalue weighted by Gasteiger charge is 2.50. The van der Waals surface area contributed by atoms with Crippen molar-refractivity contribution in [2.24, 2.45) is 29.1 Å². The Morgan fingerprint density at radius 2 is 2.06 bits per heavy atom. The molecule has 0 amide bonds. The highest BCUT2D eigenvalue weighted by atomic mass is 14.5. The molecular formula is C16H25N. The summed E-state index contributed by atoms with van der Waals surface area (Å²) in [5.74, 6) is 1.96. The molecule has 0 aromatic rings. The van der Waals surface area contributed by atoms with E-state index in [2.05, 4.69) is 33.4 Å². The number of nitrogens with zero attached hydrogens (tertiary/aromatic N) is 1. The normalized spacial score (nSPS) is 45.8. The Balaban J connectivity index is 2.32. The topological polar surface area (TPSA) is 23.8 Å². The molecule has 94 valence electrons. The van der Waals surface area contributed by atoms with Gasteiger partial charge < -0.3 is 0 Å². The van der Waals surface area contributed by atoms with Gasteiger partial charge in [0, 0.05) is 0 Å². The van der Waals surface area contributed by atoms with Crippen molar-refractivity contribution in [3.05, 3.63) is 12.2 Å². The molecule has 5 atom stereocenters. The second-order valence-corrected chi connectivity index (χ2v) is 6.70. The lowest BCUT2D eigenvalue weighted by molar-refractivity contribution is -0.0217. The zero-order valence-corrected chi connectivity index (χ0v) is 11.5. The standard InChI is InChI=1S/C16H25N/c1-11(2)13-7-9-16(4)8-5-6-12(3)15(16)14(13)10-17/h12-15H,1,5-9H2,2-4H3. The van der Waals surface area contributed by atoms with E-state index >= 15 is 0 Å². The van der Waals surface area contributed by atoms with Crippen LogP contribution in [0, 0.1) is 40.4 Å². The number of hydrogen-bond donors (Lipinski definition) is 0. The van der Waals surface area contributed by atoms with E-state index in [4.69, 9.17) is 0 Å². The summed E-state index contributed by atoms with van der Waals surface area (Å²) < 4.78 is 0. The Bertz CT molecular complexity index is 351. The number of rotatable bonds is 1. The zero-order valence-electron chi connectivity index (χ0n) is 11.5. The van der Waals surface area contributed by atoms with Gasteiger partial charge in [0.25, 0.3) is 0 Å². The molecule has 17 heavy (non-hydrogen) atoms. The first kappa shape index (κ1) is 12.7. The smallest absolute Gasteiger partial charge is 0.0665 e. The summed E-state index contributed by atoms with van der Waals surface area (Å²) in [7, 11) is 0. The minimum atomic E-state index is 0.210. The average Bonchev–Trinajstić information content (AvgIpc) is 2.26. The van der Waals surface area contributed by atoms with Crippen molar-refractivity contribution in [1.29, 1.82) is 5.26 Å². The van der Waals surface area contributed by atoms with Gasteiger partial charge in [0.1, 0.15) is 0 Å². The number of fused-ring (bicyclic) bond motifs is 1. The van der Waals surface area contributed by atoms with Crippen LogP contribution in [0.1, 0.15) is 52.9 Å². The molecule has 0 aliphatic heterocycles. The molecule has 0 radical (unpaired) electrons. The minimum Gasteiger partial charge on any atom is -0.198 e. The monoisotopic (exact) mass is 231 g/mol. The van der Waals surface area contributed by atoms with Crippen LogP contribution in [0.3, 0.4) is 0 Å². The fraction of sp³-hybridized carbons (Fsp3) is 0.812. The largest absolute Gasteiger partial charge is 0.198 e. The van der Waals surface area contributed by atoms with Crippen LogP contribution in [-0.2, 0) is 0 Å². The summed E-state index contributed by atoms with van der Waals surface area (Å²) in [6, 6.07) is 2.63. The molecule has 0 bridgehead atoms. The van der Waals surface area contributed by atoms with Gasteiger partial charge in [-0.1, -0.05) is 38.8 Å². The van der Waals surface area contributed by atoms with E-state index in [1.165, 1.54) is 37.7 Å². The molecule has 1 heteroatoms. The first-order valence-corrected chi connectivity index (χ1v) is 7.04. The third-order valence-corrected chi connectivity index (χ3v) is 5.45. The van der Waals surface area contributed by atoms with Gasteiger partial charge in [0.15, 0.2) is 0 Å². The van der Waals surface area contributed by atoms with Crippen LogP contribution in [-0.4, -0.2) is 0 Å². The zero-order chi connectivity index (χ0) is 12.6. The maximum atomic E-state index is 9.59. The molecule has 0 aromatic heterocycles. The molecule has 0 saturated heterocycles. The van der Waals surface area contributed by atoms with Crippen molar-refractivity contribution >= 4 is 0 Å². The van der Waals surface area contributed by atoms with Gasteiger partial charge in [0.2, 0.25) is 0 Å². The molecule has 1 nitrogen and oxygen atoms in total. The summed E-state index contributed by atoms with van der Waals surface area (Å²) in [4.78, 5) is 0. The van der Waals surface area contributed by atoms with Gasteiger partial charge >= 0.3 is 0 Å². The molecule has 2 rings (SSSR count). The minimum absolute atomic E-state index is 0.210. The van der Waals surface area contributed by atoms with E-state index in [1.807, 2.05) is 0 Å². The molecule has 2 saturated carbocycles. The number of nitriles is 1. The van der Waals surface area contributed by atoms with E-state index in [-0.39, 0.29) is 5.92 Å². The van der Waals surface area contributed by atoms with Crippen LogP contribution < -0.4 is 0 Å². The predicted octanol–water partition coefficient (Wildman–Crippen LogP) is 4.55. The second kappa shape index (κ2) is 4.48. The Labute approximate surface area is 106 Å². The van der Waals surface area contributed by atoms with Crippen molar-refractivity contribution in [3.8, 4) is 6.07 Å². The highest BCUT2D eigenvalue weighted by Crippen LogP contribution is 2.57. The fourth-order valence-electron chi connectivity index (χ4n) is 4.58. The van der Waals surface area contributed by atoms with Crippen LogP contribution >= 0.6 is 0 Å². The SMILES string of the molecule is C=C(C)C1CCC2(C)CCCC(C)C2C1C#N. The summed E-state index contributed by atoms with van der Waals surface area (Å²) in [6.07, 6.45) is 6.44. The molecule has 0 aromatic carbocycles. The van der Waals surface area contributed by atoms with Crippen molar-refractivity contribution in [2.45, 2.75) is 52.9 Å². The molecule has 0 spiro atoms. The van der Waals surface area contributed by atoms with Crippen molar-refractivity contribution in [2.75, 3.05) is 0 Å². The lowest BCUT2D eigenvalue weighted by Gasteiger charge is -2.53. The molecular weight excluding hydrogens is 206 g/mol. The van der Waals surface area contributed by atoms with Crippen molar-refractivity contribution in [1.82, 2.24) is 0 Å². The second-order valence-electron chi connectivity index (χ2n) is 6.70. The Kier molecular flexibility index (Phi) is 3.34. The lowest BCUT2D eigenvalue weighted by atomic mass is 9.51. The summed E-state index contributed by atoms with van der Waals surface area (Å²) in [5.41, 5.74) is 1.64. The van der Waals surface area contributed by atoms with Gasteiger partial charge in [-0.2, -0.15) is 5.26 Å². The van der Waals surface area contributed by atoms with E-state index in [1.54, 1.807) is 0 Å². The first-order chi connectivity index (χ1) is 7.99. The first-order valence-electron chi connectivity index (χ1n) is 7.04. The summed E-state index contributed by atoms with van der Waals surface area (Å²) in [6.45, 7) is 11.0. The molecule has 2 aliphatic rings. The van der Waals surface area contributed by atoms with E-state index in [0.29, 0.717) is 23.2 Å². The van der Waals surface area contributed by atoms with Gasteiger partial charge in [-0.15, -0.1) is 0 Å². The maximum absolute atomic E-state index is 9.59. The quantitative estimate of drug-likeness (QED) is 0.607. The highest BCUT2D eigenvalue weighted by molar-refractivity contribution is 5.13. The maximum Gasteiger partial charge on any atom is 0.0665 e. The molecule has 2 fully saturated rings. The Morgan fingerprint density at radius 1 is 1.35 bits per heavy atom. The fourth-order valence-corrected chi connectivity index (χ4v) is 4.58. The van der Waals surface area contributed by atoms with Gasteiger partial charge in [-0.05, 0) is 49.4 Å². The lowest BCUT2D eigenvalue weighted by Crippen LogP contribution is -2.46. The van der Waals surface area contributed by atoms with Crippen LogP contribution in [0.25, 0.3) is 0 Å². The third kappa shape index (κ3) is 2.03. The Morgan fingerprint density at radius 3 is 2.65 bits per heavy atom. The van der Waals surface area contributed by atoms with Gasteiger partial charge in [0.05, 0.1) is 12.0 Å². The predicted molar refractivity (Wildman–Crippen MR) is 71.3 cm³/mol. The third-order valence-electron chi connectivity index (χ3n) is 5.45.